The van der Waals surface area contributed by atoms with Crippen LogP contribution in [0.15, 0.2) is 48.5 Å². The van der Waals surface area contributed by atoms with Gasteiger partial charge in [-0.3, -0.25) is 9.10 Å². The Kier molecular flexibility index (Phi) is 7.30. The molecule has 158 valence electrons. The summed E-state index contributed by atoms with van der Waals surface area (Å²) < 4.78 is 31.2. The van der Waals surface area contributed by atoms with Crippen LogP contribution in [0.1, 0.15) is 31.9 Å². The van der Waals surface area contributed by atoms with Gasteiger partial charge in [-0.25, -0.2) is 8.42 Å². The van der Waals surface area contributed by atoms with E-state index < -0.39 is 10.0 Å². The van der Waals surface area contributed by atoms with Gasteiger partial charge in [-0.2, -0.15) is 0 Å². The number of carbonyl (C=O) groups excluding carboxylic acids is 1. The summed E-state index contributed by atoms with van der Waals surface area (Å²) >= 11 is 0. The molecule has 0 heterocycles. The lowest BCUT2D eigenvalue weighted by atomic mass is 9.87. The molecule has 0 fully saturated rings. The number of ether oxygens (including phenoxy) is 1. The van der Waals surface area contributed by atoms with E-state index in [0.29, 0.717) is 12.3 Å². The van der Waals surface area contributed by atoms with Gasteiger partial charge in [-0.05, 0) is 41.7 Å². The molecule has 7 heteroatoms. The lowest BCUT2D eigenvalue weighted by molar-refractivity contribution is -0.119. The monoisotopic (exact) mass is 418 g/mol. The molecular weight excluding hydrogens is 388 g/mol. The molecule has 2 aromatic rings. The van der Waals surface area contributed by atoms with Gasteiger partial charge in [0.2, 0.25) is 15.9 Å². The SMILES string of the molecule is Cc1ccccc1OCCNC(=O)CN(c1ccc(C(C)(C)C)cc1)S(C)(=O)=O. The third-order valence-corrected chi connectivity index (χ3v) is 5.62. The molecule has 0 radical (unpaired) electrons. The van der Waals surface area contributed by atoms with Crippen LogP contribution in [0, 0.1) is 6.92 Å². The molecular formula is C22H30N2O4S. The first-order chi connectivity index (χ1) is 13.5. The Morgan fingerprint density at radius 1 is 1.07 bits per heavy atom. The molecule has 2 aromatic carbocycles. The highest BCUT2D eigenvalue weighted by atomic mass is 32.2. The van der Waals surface area contributed by atoms with Crippen molar-refractivity contribution in [1.82, 2.24) is 5.32 Å². The lowest BCUT2D eigenvalue weighted by Gasteiger charge is -2.24. The highest BCUT2D eigenvalue weighted by Crippen LogP contribution is 2.25. The van der Waals surface area contributed by atoms with Crippen LogP contribution in [0.3, 0.4) is 0 Å². The second-order valence-corrected chi connectivity index (χ2v) is 9.94. The zero-order valence-corrected chi connectivity index (χ0v) is 18.5. The van der Waals surface area contributed by atoms with Gasteiger partial charge in [0.1, 0.15) is 18.9 Å². The number of anilines is 1. The molecule has 0 saturated carbocycles. The van der Waals surface area contributed by atoms with Gasteiger partial charge in [0.15, 0.2) is 0 Å². The molecule has 1 amide bonds. The van der Waals surface area contributed by atoms with Crippen molar-refractivity contribution in [2.24, 2.45) is 0 Å². The van der Waals surface area contributed by atoms with Gasteiger partial charge in [0.25, 0.3) is 0 Å². The van der Waals surface area contributed by atoms with E-state index in [4.69, 9.17) is 4.74 Å². The van der Waals surface area contributed by atoms with Gasteiger partial charge in [-0.1, -0.05) is 51.1 Å². The van der Waals surface area contributed by atoms with Gasteiger partial charge in [0.05, 0.1) is 18.5 Å². The molecule has 0 spiro atoms. The quantitative estimate of drug-likeness (QED) is 0.668. The summed E-state index contributed by atoms with van der Waals surface area (Å²) in [6.07, 6.45) is 1.10. The fraction of sp³-hybridized carbons (Fsp3) is 0.409. The summed E-state index contributed by atoms with van der Waals surface area (Å²) in [6, 6.07) is 14.9. The van der Waals surface area contributed by atoms with Crippen LogP contribution in [-0.4, -0.2) is 40.3 Å². The average molecular weight is 419 g/mol. The smallest absolute Gasteiger partial charge is 0.240 e. The first-order valence-corrected chi connectivity index (χ1v) is 11.4. The summed E-state index contributed by atoms with van der Waals surface area (Å²) in [5, 5.41) is 2.71. The van der Waals surface area contributed by atoms with Crippen molar-refractivity contribution in [1.29, 1.82) is 0 Å². The third-order valence-electron chi connectivity index (χ3n) is 4.48. The van der Waals surface area contributed by atoms with Crippen LogP contribution in [0.2, 0.25) is 0 Å². The largest absolute Gasteiger partial charge is 0.491 e. The van der Waals surface area contributed by atoms with E-state index >= 15 is 0 Å². The minimum Gasteiger partial charge on any atom is -0.491 e. The molecule has 6 nitrogen and oxygen atoms in total. The molecule has 0 aromatic heterocycles. The molecule has 0 aliphatic carbocycles. The number of carbonyl (C=O) groups is 1. The van der Waals surface area contributed by atoms with Crippen LogP contribution in [0.5, 0.6) is 5.75 Å². The Balaban J connectivity index is 1.96. The Hall–Kier alpha value is -2.54. The predicted octanol–water partition coefficient (Wildman–Crippen LogP) is 3.25. The fourth-order valence-electron chi connectivity index (χ4n) is 2.78. The Morgan fingerprint density at radius 2 is 1.69 bits per heavy atom. The summed E-state index contributed by atoms with van der Waals surface area (Å²) in [5.41, 5.74) is 2.53. The normalized spacial score (nSPS) is 11.8. The van der Waals surface area contributed by atoms with Gasteiger partial charge in [-0.15, -0.1) is 0 Å². The highest BCUT2D eigenvalue weighted by molar-refractivity contribution is 7.92. The van der Waals surface area contributed by atoms with E-state index in [9.17, 15) is 13.2 Å². The van der Waals surface area contributed by atoms with Crippen LogP contribution >= 0.6 is 0 Å². The number of nitrogens with one attached hydrogen (secondary N) is 1. The minimum atomic E-state index is -3.60. The zero-order chi connectivity index (χ0) is 21.7. The third kappa shape index (κ3) is 6.78. The first kappa shape index (κ1) is 22.7. The number of sulfonamides is 1. The number of hydrogen-bond acceptors (Lipinski definition) is 4. The van der Waals surface area contributed by atoms with E-state index in [1.807, 2.05) is 43.3 Å². The van der Waals surface area contributed by atoms with Gasteiger partial charge in [0, 0.05) is 0 Å². The maximum atomic E-state index is 12.3. The van der Waals surface area contributed by atoms with E-state index in [1.165, 1.54) is 0 Å². The Morgan fingerprint density at radius 3 is 2.24 bits per heavy atom. The second-order valence-electron chi connectivity index (χ2n) is 8.03. The zero-order valence-electron chi connectivity index (χ0n) is 17.7. The fourth-order valence-corrected chi connectivity index (χ4v) is 3.64. The maximum absolute atomic E-state index is 12.3. The molecule has 0 aliphatic heterocycles. The van der Waals surface area contributed by atoms with Crippen LogP contribution in [0.25, 0.3) is 0 Å². The first-order valence-electron chi connectivity index (χ1n) is 9.52. The number of benzene rings is 2. The van der Waals surface area contributed by atoms with Crippen LogP contribution in [-0.2, 0) is 20.2 Å². The average Bonchev–Trinajstić information content (AvgIpc) is 2.63. The Bertz CT molecular complexity index is 932. The summed E-state index contributed by atoms with van der Waals surface area (Å²) in [7, 11) is -3.60. The molecule has 0 saturated heterocycles. The molecule has 1 N–H and O–H groups in total. The van der Waals surface area contributed by atoms with Gasteiger partial charge < -0.3 is 10.1 Å². The van der Waals surface area contributed by atoms with Crippen molar-refractivity contribution in [3.8, 4) is 5.75 Å². The summed E-state index contributed by atoms with van der Waals surface area (Å²) in [5.74, 6) is 0.377. The van der Waals surface area contributed by atoms with E-state index in [0.717, 1.165) is 27.4 Å². The topological polar surface area (TPSA) is 75.7 Å². The maximum Gasteiger partial charge on any atom is 0.240 e. The molecule has 0 bridgehead atoms. The van der Waals surface area contributed by atoms with Crippen molar-refractivity contribution in [2.75, 3.05) is 30.3 Å². The molecule has 2 rings (SSSR count). The van der Waals surface area contributed by atoms with Crippen molar-refractivity contribution >= 4 is 21.6 Å². The number of para-hydroxylation sites is 1. The lowest BCUT2D eigenvalue weighted by Crippen LogP contribution is -2.41. The molecule has 0 unspecified atom stereocenters. The van der Waals surface area contributed by atoms with E-state index in [2.05, 4.69) is 26.1 Å². The summed E-state index contributed by atoms with van der Waals surface area (Å²) in [4.78, 5) is 12.3. The number of hydrogen-bond donors (Lipinski definition) is 1. The summed E-state index contributed by atoms with van der Waals surface area (Å²) in [6.45, 7) is 8.51. The number of aryl methyl sites for hydroxylation is 1. The number of amides is 1. The van der Waals surface area contributed by atoms with Crippen molar-refractivity contribution < 1.29 is 17.9 Å². The van der Waals surface area contributed by atoms with Gasteiger partial charge >= 0.3 is 0 Å². The van der Waals surface area contributed by atoms with E-state index in [-0.39, 0.29) is 24.4 Å². The molecule has 0 aliphatic rings. The standard InChI is InChI=1S/C22H30N2O4S/c1-17-8-6-7-9-20(17)28-15-14-23-21(25)16-24(29(5,26)27)19-12-10-18(11-13-19)22(2,3)4/h6-13H,14-16H2,1-5H3,(H,23,25). The predicted molar refractivity (Wildman–Crippen MR) is 117 cm³/mol. The second kappa shape index (κ2) is 9.31. The molecule has 0 atom stereocenters. The molecule has 29 heavy (non-hydrogen) atoms. The van der Waals surface area contributed by atoms with Crippen LogP contribution < -0.4 is 14.4 Å². The Labute approximate surface area is 173 Å². The highest BCUT2D eigenvalue weighted by Gasteiger charge is 2.21. The van der Waals surface area contributed by atoms with Crippen molar-refractivity contribution in [3.63, 3.8) is 0 Å². The van der Waals surface area contributed by atoms with Crippen molar-refractivity contribution in [3.05, 3.63) is 59.7 Å². The number of rotatable bonds is 8. The number of nitrogens with zero attached hydrogens (tertiary/aromatic N) is 1. The minimum absolute atomic E-state index is 0.0388. The van der Waals surface area contributed by atoms with E-state index in [1.54, 1.807) is 12.1 Å². The van der Waals surface area contributed by atoms with Crippen molar-refractivity contribution in [2.45, 2.75) is 33.1 Å². The van der Waals surface area contributed by atoms with Crippen LogP contribution in [0.4, 0.5) is 5.69 Å².